The molecule has 2 atom stereocenters. The molecular formula is C14H19N5O2. The summed E-state index contributed by atoms with van der Waals surface area (Å²) in [7, 11) is 0. The molecule has 7 nitrogen and oxygen atoms in total. The summed E-state index contributed by atoms with van der Waals surface area (Å²) in [4.78, 5) is 11.9. The van der Waals surface area contributed by atoms with E-state index in [1.165, 1.54) is 0 Å². The summed E-state index contributed by atoms with van der Waals surface area (Å²) in [5.41, 5.74) is 0.748. The Kier molecular flexibility index (Phi) is 4.01. The Hall–Kier alpha value is -2.15. The first kappa shape index (κ1) is 13.8. The van der Waals surface area contributed by atoms with Gasteiger partial charge in [-0.15, -0.1) is 10.2 Å². The average molecular weight is 289 g/mol. The zero-order chi connectivity index (χ0) is 14.7. The molecule has 0 aliphatic heterocycles. The van der Waals surface area contributed by atoms with Crippen molar-refractivity contribution in [3.05, 3.63) is 30.2 Å². The standard InChI is InChI=1S/C14H19N5O2/c20-11-6-2-1-5-10(11)16-14(21)15-9-13-18-17-12-7-3-4-8-19(12)13/h3-4,7-8,10-11,20H,1-2,5-6,9H2,(H2,15,16,21). The number of hydrogen-bond donors (Lipinski definition) is 3. The van der Waals surface area contributed by atoms with E-state index in [9.17, 15) is 9.90 Å². The molecule has 0 bridgehead atoms. The maximum atomic E-state index is 11.9. The third kappa shape index (κ3) is 3.13. The minimum atomic E-state index is -0.446. The normalized spacial score (nSPS) is 22.1. The van der Waals surface area contributed by atoms with Crippen LogP contribution in [-0.2, 0) is 6.54 Å². The Morgan fingerprint density at radius 1 is 1.33 bits per heavy atom. The molecule has 2 heterocycles. The molecule has 2 aromatic heterocycles. The quantitative estimate of drug-likeness (QED) is 0.780. The summed E-state index contributed by atoms with van der Waals surface area (Å²) in [6.45, 7) is 0.291. The van der Waals surface area contributed by atoms with E-state index in [4.69, 9.17) is 0 Å². The maximum Gasteiger partial charge on any atom is 0.315 e. The number of carbonyl (C=O) groups excluding carboxylic acids is 1. The number of nitrogens with one attached hydrogen (secondary N) is 2. The van der Waals surface area contributed by atoms with Gasteiger partial charge in [-0.2, -0.15) is 0 Å². The van der Waals surface area contributed by atoms with Crippen molar-refractivity contribution in [3.8, 4) is 0 Å². The fourth-order valence-electron chi connectivity index (χ4n) is 2.67. The van der Waals surface area contributed by atoms with Gasteiger partial charge in [0.25, 0.3) is 0 Å². The number of aliphatic hydroxyl groups excluding tert-OH is 1. The molecule has 21 heavy (non-hydrogen) atoms. The minimum absolute atomic E-state index is 0.158. The fraction of sp³-hybridized carbons (Fsp3) is 0.500. The van der Waals surface area contributed by atoms with Gasteiger partial charge in [0.15, 0.2) is 11.5 Å². The number of carbonyl (C=O) groups is 1. The number of fused-ring (bicyclic) bond motifs is 1. The largest absolute Gasteiger partial charge is 0.391 e. The van der Waals surface area contributed by atoms with Gasteiger partial charge < -0.3 is 15.7 Å². The minimum Gasteiger partial charge on any atom is -0.391 e. The summed E-state index contributed by atoms with van der Waals surface area (Å²) in [6.07, 6.45) is 5.04. The van der Waals surface area contributed by atoms with Gasteiger partial charge in [0.2, 0.25) is 0 Å². The van der Waals surface area contributed by atoms with Crippen molar-refractivity contribution >= 4 is 11.7 Å². The summed E-state index contributed by atoms with van der Waals surface area (Å²) in [6, 6.07) is 5.19. The Labute approximate surface area is 122 Å². The predicted octanol–water partition coefficient (Wildman–Crippen LogP) is 0.832. The topological polar surface area (TPSA) is 91.6 Å². The molecule has 0 saturated heterocycles. The Morgan fingerprint density at radius 2 is 2.19 bits per heavy atom. The van der Waals surface area contributed by atoms with E-state index in [0.717, 1.165) is 31.3 Å². The first-order valence-corrected chi connectivity index (χ1v) is 7.25. The van der Waals surface area contributed by atoms with Crippen LogP contribution in [0.1, 0.15) is 31.5 Å². The maximum absolute atomic E-state index is 11.9. The van der Waals surface area contributed by atoms with Crippen LogP contribution in [0.25, 0.3) is 5.65 Å². The molecular weight excluding hydrogens is 270 g/mol. The Balaban J connectivity index is 1.56. The van der Waals surface area contributed by atoms with Crippen molar-refractivity contribution in [2.24, 2.45) is 0 Å². The van der Waals surface area contributed by atoms with Crippen LogP contribution in [0.3, 0.4) is 0 Å². The molecule has 2 aromatic rings. The fourth-order valence-corrected chi connectivity index (χ4v) is 2.67. The number of hydrogen-bond acceptors (Lipinski definition) is 4. The lowest BCUT2D eigenvalue weighted by Gasteiger charge is -2.28. The molecule has 112 valence electrons. The SMILES string of the molecule is O=C(NCc1nnc2ccccn12)NC1CCCCC1O. The highest BCUT2D eigenvalue weighted by Crippen LogP contribution is 2.18. The van der Waals surface area contributed by atoms with Crippen LogP contribution in [-0.4, -0.2) is 37.9 Å². The second-order valence-electron chi connectivity index (χ2n) is 5.33. The van der Waals surface area contributed by atoms with Crippen molar-refractivity contribution < 1.29 is 9.90 Å². The van der Waals surface area contributed by atoms with Gasteiger partial charge >= 0.3 is 6.03 Å². The van der Waals surface area contributed by atoms with E-state index in [2.05, 4.69) is 20.8 Å². The summed E-state index contributed by atoms with van der Waals surface area (Å²) >= 11 is 0. The third-order valence-corrected chi connectivity index (χ3v) is 3.84. The summed E-state index contributed by atoms with van der Waals surface area (Å²) in [5, 5.41) is 23.5. The average Bonchev–Trinajstić information content (AvgIpc) is 2.91. The molecule has 7 heteroatoms. The molecule has 3 rings (SSSR count). The van der Waals surface area contributed by atoms with Crippen LogP contribution in [0.5, 0.6) is 0 Å². The number of aliphatic hydroxyl groups is 1. The second-order valence-corrected chi connectivity index (χ2v) is 5.33. The molecule has 1 fully saturated rings. The molecule has 1 aliphatic carbocycles. The molecule has 0 spiro atoms. The van der Waals surface area contributed by atoms with Gasteiger partial charge in [0, 0.05) is 6.20 Å². The lowest BCUT2D eigenvalue weighted by Crippen LogP contribution is -2.48. The lowest BCUT2D eigenvalue weighted by atomic mass is 9.93. The summed E-state index contributed by atoms with van der Waals surface area (Å²) < 4.78 is 1.83. The first-order chi connectivity index (χ1) is 10.2. The van der Waals surface area contributed by atoms with Crippen LogP contribution >= 0.6 is 0 Å². The molecule has 1 saturated carbocycles. The number of pyridine rings is 1. The molecule has 3 N–H and O–H groups in total. The number of rotatable bonds is 3. The van der Waals surface area contributed by atoms with Gasteiger partial charge in [0.1, 0.15) is 0 Å². The highest BCUT2D eigenvalue weighted by Gasteiger charge is 2.24. The van der Waals surface area contributed by atoms with Crippen LogP contribution < -0.4 is 10.6 Å². The van der Waals surface area contributed by atoms with Crippen LogP contribution in [0.4, 0.5) is 4.79 Å². The summed E-state index contributed by atoms with van der Waals surface area (Å²) in [5.74, 6) is 0.671. The van der Waals surface area contributed by atoms with E-state index in [1.54, 1.807) is 0 Å². The molecule has 0 aromatic carbocycles. The highest BCUT2D eigenvalue weighted by atomic mass is 16.3. The van der Waals surface area contributed by atoms with E-state index in [-0.39, 0.29) is 12.1 Å². The molecule has 0 radical (unpaired) electrons. The number of aromatic nitrogens is 3. The van der Waals surface area contributed by atoms with Crippen molar-refractivity contribution in [1.29, 1.82) is 0 Å². The molecule has 2 unspecified atom stereocenters. The zero-order valence-corrected chi connectivity index (χ0v) is 11.7. The zero-order valence-electron chi connectivity index (χ0n) is 11.7. The Morgan fingerprint density at radius 3 is 3.05 bits per heavy atom. The third-order valence-electron chi connectivity index (χ3n) is 3.84. The number of nitrogens with zero attached hydrogens (tertiary/aromatic N) is 3. The van der Waals surface area contributed by atoms with Gasteiger partial charge in [0.05, 0.1) is 18.7 Å². The molecule has 1 aliphatic rings. The van der Waals surface area contributed by atoms with Gasteiger partial charge in [-0.1, -0.05) is 18.9 Å². The second kappa shape index (κ2) is 6.09. The van der Waals surface area contributed by atoms with Crippen LogP contribution in [0, 0.1) is 0 Å². The van der Waals surface area contributed by atoms with E-state index in [0.29, 0.717) is 12.4 Å². The van der Waals surface area contributed by atoms with Crippen LogP contribution in [0.2, 0.25) is 0 Å². The molecule has 2 amide bonds. The van der Waals surface area contributed by atoms with Gasteiger partial charge in [-0.25, -0.2) is 4.79 Å². The van der Waals surface area contributed by atoms with Gasteiger partial charge in [-0.05, 0) is 25.0 Å². The highest BCUT2D eigenvalue weighted by molar-refractivity contribution is 5.74. The van der Waals surface area contributed by atoms with Crippen LogP contribution in [0.15, 0.2) is 24.4 Å². The first-order valence-electron chi connectivity index (χ1n) is 7.25. The monoisotopic (exact) mass is 289 g/mol. The number of amides is 2. The van der Waals surface area contributed by atoms with Crippen molar-refractivity contribution in [2.45, 2.75) is 44.4 Å². The predicted molar refractivity (Wildman–Crippen MR) is 76.6 cm³/mol. The Bertz CT molecular complexity index is 627. The smallest absolute Gasteiger partial charge is 0.315 e. The number of urea groups is 1. The lowest BCUT2D eigenvalue weighted by molar-refractivity contribution is 0.0943. The van der Waals surface area contributed by atoms with E-state index >= 15 is 0 Å². The van der Waals surface area contributed by atoms with E-state index < -0.39 is 6.10 Å². The van der Waals surface area contributed by atoms with E-state index in [1.807, 2.05) is 28.8 Å². The van der Waals surface area contributed by atoms with Crippen molar-refractivity contribution in [3.63, 3.8) is 0 Å². The van der Waals surface area contributed by atoms with Crippen molar-refractivity contribution in [1.82, 2.24) is 25.2 Å². The van der Waals surface area contributed by atoms with Crippen molar-refractivity contribution in [2.75, 3.05) is 0 Å². The van der Waals surface area contributed by atoms with Gasteiger partial charge in [-0.3, -0.25) is 4.40 Å².